The van der Waals surface area contributed by atoms with Crippen LogP contribution in [-0.4, -0.2) is 41.5 Å². The molecule has 0 aliphatic carbocycles. The fourth-order valence-electron chi connectivity index (χ4n) is 1.16. The van der Waals surface area contributed by atoms with Crippen molar-refractivity contribution in [3.05, 3.63) is 24.3 Å². The number of carboxylic acids is 1. The van der Waals surface area contributed by atoms with Crippen LogP contribution >= 0.6 is 0 Å². The van der Waals surface area contributed by atoms with E-state index in [1.807, 2.05) is 4.72 Å². The van der Waals surface area contributed by atoms with E-state index in [4.69, 9.17) is 5.11 Å². The highest BCUT2D eigenvalue weighted by atomic mass is 32.2. The Morgan fingerprint density at radius 1 is 1.05 bits per heavy atom. The first-order valence-electron chi connectivity index (χ1n) is 4.94. The number of carboxylic acid groups (broad SMARTS) is 1. The van der Waals surface area contributed by atoms with Gasteiger partial charge >= 0.3 is 5.97 Å². The van der Waals surface area contributed by atoms with Gasteiger partial charge in [0, 0.05) is 0 Å². The van der Waals surface area contributed by atoms with Crippen molar-refractivity contribution in [2.45, 2.75) is 9.79 Å². The Balaban J connectivity index is 3.03. The van der Waals surface area contributed by atoms with Gasteiger partial charge in [-0.25, -0.2) is 21.6 Å². The zero-order chi connectivity index (χ0) is 14.7. The van der Waals surface area contributed by atoms with E-state index in [0.29, 0.717) is 0 Å². The lowest BCUT2D eigenvalue weighted by molar-refractivity contribution is -0.135. The van der Waals surface area contributed by atoms with E-state index in [1.54, 1.807) is 0 Å². The molecule has 19 heavy (non-hydrogen) atoms. The number of aliphatic carboxylic acids is 1. The topological polar surface area (TPSA) is 130 Å². The van der Waals surface area contributed by atoms with Gasteiger partial charge in [-0.3, -0.25) is 4.79 Å². The van der Waals surface area contributed by atoms with Crippen LogP contribution in [0.3, 0.4) is 0 Å². The van der Waals surface area contributed by atoms with Gasteiger partial charge in [0.25, 0.3) is 0 Å². The van der Waals surface area contributed by atoms with E-state index in [1.165, 1.54) is 7.05 Å². The monoisotopic (exact) mass is 308 g/mol. The van der Waals surface area contributed by atoms with Crippen molar-refractivity contribution < 1.29 is 26.7 Å². The van der Waals surface area contributed by atoms with Gasteiger partial charge in [0.15, 0.2) is 0 Å². The Kier molecular flexibility index (Phi) is 4.63. The maximum atomic E-state index is 11.6. The van der Waals surface area contributed by atoms with Crippen molar-refractivity contribution in [3.8, 4) is 0 Å². The molecule has 0 atom stereocenters. The molecule has 0 aliphatic rings. The Bertz CT molecular complexity index is 663. The fraction of sp³-hybridized carbons (Fsp3) is 0.222. The van der Waals surface area contributed by atoms with E-state index in [-0.39, 0.29) is 9.79 Å². The van der Waals surface area contributed by atoms with Crippen LogP contribution in [0, 0.1) is 0 Å². The Labute approximate surface area is 110 Å². The van der Waals surface area contributed by atoms with E-state index in [2.05, 4.69) is 4.72 Å². The summed E-state index contributed by atoms with van der Waals surface area (Å²) in [5.41, 5.74) is 0. The Morgan fingerprint density at radius 3 is 1.84 bits per heavy atom. The molecule has 10 heteroatoms. The number of nitrogens with one attached hydrogen (secondary N) is 2. The summed E-state index contributed by atoms with van der Waals surface area (Å²) >= 11 is 0. The van der Waals surface area contributed by atoms with Gasteiger partial charge in [-0.05, 0) is 31.3 Å². The van der Waals surface area contributed by atoms with Gasteiger partial charge in [0.05, 0.1) is 9.79 Å². The highest BCUT2D eigenvalue weighted by molar-refractivity contribution is 7.90. The molecule has 8 nitrogen and oxygen atoms in total. The molecule has 1 rings (SSSR count). The van der Waals surface area contributed by atoms with Crippen LogP contribution in [0.15, 0.2) is 34.1 Å². The molecule has 0 saturated carbocycles. The van der Waals surface area contributed by atoms with Gasteiger partial charge < -0.3 is 5.11 Å². The molecule has 1 aromatic carbocycles. The SMILES string of the molecule is CNS(=O)(=O)c1ccc(S(=O)(=O)NCC(=O)O)cc1. The summed E-state index contributed by atoms with van der Waals surface area (Å²) in [4.78, 5) is 9.98. The second-order valence-electron chi connectivity index (χ2n) is 3.40. The molecular weight excluding hydrogens is 296 g/mol. The van der Waals surface area contributed by atoms with E-state index >= 15 is 0 Å². The molecule has 106 valence electrons. The number of benzene rings is 1. The van der Waals surface area contributed by atoms with Crippen LogP contribution in [-0.2, 0) is 24.8 Å². The zero-order valence-corrected chi connectivity index (χ0v) is 11.5. The van der Waals surface area contributed by atoms with Crippen LogP contribution in [0.2, 0.25) is 0 Å². The summed E-state index contributed by atoms with van der Waals surface area (Å²) in [7, 11) is -6.39. The van der Waals surface area contributed by atoms with Crippen molar-refractivity contribution in [3.63, 3.8) is 0 Å². The maximum absolute atomic E-state index is 11.6. The lowest BCUT2D eigenvalue weighted by atomic mass is 10.4. The molecule has 0 aliphatic heterocycles. The van der Waals surface area contributed by atoms with Crippen LogP contribution in [0.1, 0.15) is 0 Å². The predicted octanol–water partition coefficient (Wildman–Crippen LogP) is -1.04. The molecule has 0 fully saturated rings. The third kappa shape index (κ3) is 3.99. The number of sulfonamides is 2. The first-order valence-corrected chi connectivity index (χ1v) is 7.91. The summed E-state index contributed by atoms with van der Waals surface area (Å²) in [6.45, 7) is -0.751. The first-order chi connectivity index (χ1) is 8.69. The lowest BCUT2D eigenvalue weighted by Gasteiger charge is -2.06. The van der Waals surface area contributed by atoms with Crippen molar-refractivity contribution >= 4 is 26.0 Å². The quantitative estimate of drug-likeness (QED) is 0.615. The molecule has 0 aromatic heterocycles. The number of rotatable bonds is 6. The summed E-state index contributed by atoms with van der Waals surface area (Å²) in [5, 5.41) is 8.39. The molecule has 0 amide bonds. The molecule has 0 unspecified atom stereocenters. The predicted molar refractivity (Wildman–Crippen MR) is 65.5 cm³/mol. The third-order valence-electron chi connectivity index (χ3n) is 2.13. The van der Waals surface area contributed by atoms with Crippen molar-refractivity contribution in [1.82, 2.24) is 9.44 Å². The first kappa shape index (κ1) is 15.6. The summed E-state index contributed by atoms with van der Waals surface area (Å²) in [6.07, 6.45) is 0. The lowest BCUT2D eigenvalue weighted by Crippen LogP contribution is -2.29. The second kappa shape index (κ2) is 5.65. The molecule has 3 N–H and O–H groups in total. The van der Waals surface area contributed by atoms with E-state index in [9.17, 15) is 21.6 Å². The van der Waals surface area contributed by atoms with E-state index < -0.39 is 32.6 Å². The minimum Gasteiger partial charge on any atom is -0.480 e. The van der Waals surface area contributed by atoms with Gasteiger partial charge in [-0.2, -0.15) is 4.72 Å². The van der Waals surface area contributed by atoms with Crippen LogP contribution in [0.25, 0.3) is 0 Å². The van der Waals surface area contributed by atoms with Gasteiger partial charge in [-0.15, -0.1) is 0 Å². The van der Waals surface area contributed by atoms with Crippen molar-refractivity contribution in [2.24, 2.45) is 0 Å². The normalized spacial score (nSPS) is 12.3. The average Bonchev–Trinajstić information content (AvgIpc) is 2.37. The van der Waals surface area contributed by atoms with E-state index in [0.717, 1.165) is 24.3 Å². The highest BCUT2D eigenvalue weighted by Gasteiger charge is 2.17. The molecule has 0 spiro atoms. The van der Waals surface area contributed by atoms with Gasteiger partial charge in [0.2, 0.25) is 20.0 Å². The molecule has 0 saturated heterocycles. The molecular formula is C9H12N2O6S2. The fourth-order valence-corrected chi connectivity index (χ4v) is 2.86. The second-order valence-corrected chi connectivity index (χ2v) is 7.05. The van der Waals surface area contributed by atoms with Crippen molar-refractivity contribution in [1.29, 1.82) is 0 Å². The standard InChI is InChI=1S/C9H12N2O6S2/c1-10-18(14,15)7-2-4-8(5-3-7)19(16,17)11-6-9(12)13/h2-5,10-11H,6H2,1H3,(H,12,13). The molecule has 0 heterocycles. The number of carbonyl (C=O) groups is 1. The molecule has 0 bridgehead atoms. The number of hydrogen-bond donors (Lipinski definition) is 3. The minimum absolute atomic E-state index is 0.0906. The Hall–Kier alpha value is -1.49. The Morgan fingerprint density at radius 2 is 1.47 bits per heavy atom. The van der Waals surface area contributed by atoms with Gasteiger partial charge in [0.1, 0.15) is 6.54 Å². The average molecular weight is 308 g/mol. The highest BCUT2D eigenvalue weighted by Crippen LogP contribution is 2.13. The molecule has 1 aromatic rings. The summed E-state index contributed by atoms with van der Waals surface area (Å²) in [5.74, 6) is -1.32. The van der Waals surface area contributed by atoms with Crippen LogP contribution in [0.4, 0.5) is 0 Å². The van der Waals surface area contributed by atoms with Crippen molar-refractivity contribution in [2.75, 3.05) is 13.6 Å². The number of hydrogen-bond acceptors (Lipinski definition) is 5. The smallest absolute Gasteiger partial charge is 0.318 e. The molecule has 0 radical (unpaired) electrons. The third-order valence-corrected chi connectivity index (χ3v) is 4.97. The van der Waals surface area contributed by atoms with Gasteiger partial charge in [-0.1, -0.05) is 0 Å². The largest absolute Gasteiger partial charge is 0.480 e. The maximum Gasteiger partial charge on any atom is 0.318 e. The van der Waals surface area contributed by atoms with Crippen LogP contribution < -0.4 is 9.44 Å². The summed E-state index contributed by atoms with van der Waals surface area (Å²) < 4.78 is 50.0. The summed E-state index contributed by atoms with van der Waals surface area (Å²) in [6, 6.07) is 4.38. The minimum atomic E-state index is -3.97. The zero-order valence-electron chi connectivity index (χ0n) is 9.82. The van der Waals surface area contributed by atoms with Crippen LogP contribution in [0.5, 0.6) is 0 Å².